The van der Waals surface area contributed by atoms with E-state index in [9.17, 15) is 19.2 Å². The molecule has 3 aromatic carbocycles. The minimum absolute atomic E-state index is 0.0462. The number of ether oxygens (including phenoxy) is 2. The Hall–Kier alpha value is -5.18. The molecular formula is C31H29N3O6. The summed E-state index contributed by atoms with van der Waals surface area (Å²) in [5, 5.41) is 5.20. The molecule has 0 bridgehead atoms. The summed E-state index contributed by atoms with van der Waals surface area (Å²) in [5.41, 5.74) is 2.23. The number of carbonyl (C=O) groups excluding carboxylic acids is 4. The number of ketones is 1. The molecule has 1 aliphatic heterocycles. The molecule has 0 fully saturated rings. The van der Waals surface area contributed by atoms with E-state index in [2.05, 4.69) is 10.6 Å². The van der Waals surface area contributed by atoms with Gasteiger partial charge in [0.05, 0.1) is 12.3 Å². The van der Waals surface area contributed by atoms with Crippen molar-refractivity contribution in [1.82, 2.24) is 15.5 Å². The highest BCUT2D eigenvalue weighted by molar-refractivity contribution is 6.11. The van der Waals surface area contributed by atoms with Crippen molar-refractivity contribution < 1.29 is 28.7 Å². The Morgan fingerprint density at radius 2 is 1.45 bits per heavy atom. The minimum atomic E-state index is -0.873. The molecule has 0 saturated heterocycles. The lowest BCUT2D eigenvalue weighted by Gasteiger charge is -2.34. The number of Topliss-reactive ketones (excluding diaryl/α,β-unsaturated/α-hetero) is 1. The number of hydrogen-bond donors (Lipinski definition) is 2. The zero-order valence-corrected chi connectivity index (χ0v) is 21.9. The second kappa shape index (κ2) is 13.6. The van der Waals surface area contributed by atoms with E-state index >= 15 is 0 Å². The van der Waals surface area contributed by atoms with Gasteiger partial charge in [-0.1, -0.05) is 91.0 Å². The van der Waals surface area contributed by atoms with E-state index in [1.807, 2.05) is 36.4 Å². The van der Waals surface area contributed by atoms with E-state index in [4.69, 9.17) is 9.47 Å². The zero-order chi connectivity index (χ0) is 28.3. The van der Waals surface area contributed by atoms with Gasteiger partial charge in [0.25, 0.3) is 0 Å². The first kappa shape index (κ1) is 27.8. The van der Waals surface area contributed by atoms with Crippen LogP contribution >= 0.6 is 0 Å². The molecule has 1 unspecified atom stereocenters. The Morgan fingerprint density at radius 1 is 0.825 bits per heavy atom. The first-order valence-corrected chi connectivity index (χ1v) is 12.7. The van der Waals surface area contributed by atoms with Gasteiger partial charge in [-0.25, -0.2) is 9.59 Å². The maximum Gasteiger partial charge on any atom is 0.414 e. The minimum Gasteiger partial charge on any atom is -0.449 e. The number of carbonyl (C=O) groups is 4. The molecular weight excluding hydrogens is 510 g/mol. The van der Waals surface area contributed by atoms with Gasteiger partial charge in [-0.15, -0.1) is 0 Å². The van der Waals surface area contributed by atoms with Gasteiger partial charge in [0.1, 0.15) is 19.2 Å². The Balaban J connectivity index is 1.60. The van der Waals surface area contributed by atoms with Crippen molar-refractivity contribution in [2.75, 3.05) is 13.2 Å². The molecule has 9 nitrogen and oxygen atoms in total. The van der Waals surface area contributed by atoms with Gasteiger partial charge >= 0.3 is 12.2 Å². The first-order valence-electron chi connectivity index (χ1n) is 12.7. The number of amides is 3. The molecule has 0 saturated carbocycles. The molecule has 0 aliphatic carbocycles. The third-order valence-corrected chi connectivity index (χ3v) is 6.00. The lowest BCUT2D eigenvalue weighted by Crippen LogP contribution is -2.43. The van der Waals surface area contributed by atoms with Crippen LogP contribution in [0.25, 0.3) is 0 Å². The molecule has 0 aromatic heterocycles. The van der Waals surface area contributed by atoms with Crippen LogP contribution in [0.3, 0.4) is 0 Å². The van der Waals surface area contributed by atoms with Gasteiger partial charge in [-0.05, 0) is 24.1 Å². The molecule has 4 rings (SSSR count). The van der Waals surface area contributed by atoms with Gasteiger partial charge in [0.15, 0.2) is 5.78 Å². The highest BCUT2D eigenvalue weighted by Crippen LogP contribution is 2.35. The standard InChI is InChI=1S/C31H29N3O6/c1-2-39-31(38)34-19-18-25(29(36)24-16-10-5-11-17-24)27(28(34)23-14-8-4-9-15-23)33-26(35)20-32-30(37)40-21-22-12-6-3-7-13-22/h3-19,28H,2,20-21H2,1H3,(H,32,37)(H,33,35). The summed E-state index contributed by atoms with van der Waals surface area (Å²) in [6, 6.07) is 25.8. The molecule has 0 radical (unpaired) electrons. The Morgan fingerprint density at radius 3 is 2.10 bits per heavy atom. The summed E-state index contributed by atoms with van der Waals surface area (Å²) >= 11 is 0. The van der Waals surface area contributed by atoms with Crippen LogP contribution in [-0.2, 0) is 20.9 Å². The molecule has 0 spiro atoms. The molecule has 3 amide bonds. The Kier molecular flexibility index (Phi) is 9.44. The number of allylic oxidation sites excluding steroid dienone is 2. The molecule has 40 heavy (non-hydrogen) atoms. The first-order chi connectivity index (χ1) is 19.5. The molecule has 1 atom stereocenters. The van der Waals surface area contributed by atoms with Crippen LogP contribution in [0.4, 0.5) is 9.59 Å². The summed E-state index contributed by atoms with van der Waals surface area (Å²) in [5.74, 6) is -0.947. The molecule has 1 aliphatic rings. The number of nitrogens with one attached hydrogen (secondary N) is 2. The second-order valence-electron chi connectivity index (χ2n) is 8.72. The van der Waals surface area contributed by atoms with Gasteiger partial charge in [-0.2, -0.15) is 0 Å². The summed E-state index contributed by atoms with van der Waals surface area (Å²) in [6.07, 6.45) is 1.53. The lowest BCUT2D eigenvalue weighted by atomic mass is 9.91. The predicted molar refractivity (Wildman–Crippen MR) is 148 cm³/mol. The third kappa shape index (κ3) is 7.02. The van der Waals surface area contributed by atoms with Gasteiger partial charge < -0.3 is 20.1 Å². The van der Waals surface area contributed by atoms with Crippen molar-refractivity contribution in [2.45, 2.75) is 19.6 Å². The maximum atomic E-state index is 13.6. The summed E-state index contributed by atoms with van der Waals surface area (Å²) in [6.45, 7) is 1.45. The highest BCUT2D eigenvalue weighted by Gasteiger charge is 2.35. The van der Waals surface area contributed by atoms with E-state index in [0.717, 1.165) is 5.56 Å². The monoisotopic (exact) mass is 539 g/mol. The summed E-state index contributed by atoms with van der Waals surface area (Å²) in [4.78, 5) is 53.1. The SMILES string of the molecule is CCOC(=O)N1C=CC(C(=O)c2ccccc2)=C(NC(=O)CNC(=O)OCc2ccccc2)C1c1ccccc1. The molecule has 9 heteroatoms. The summed E-state index contributed by atoms with van der Waals surface area (Å²) in [7, 11) is 0. The van der Waals surface area contributed by atoms with E-state index in [0.29, 0.717) is 11.1 Å². The van der Waals surface area contributed by atoms with Crippen molar-refractivity contribution in [2.24, 2.45) is 0 Å². The highest BCUT2D eigenvalue weighted by atomic mass is 16.6. The fourth-order valence-electron chi connectivity index (χ4n) is 4.14. The molecule has 204 valence electrons. The fourth-order valence-corrected chi connectivity index (χ4v) is 4.14. The fraction of sp³-hybridized carbons (Fsp3) is 0.161. The van der Waals surface area contributed by atoms with Crippen molar-refractivity contribution in [1.29, 1.82) is 0 Å². The molecule has 3 aromatic rings. The predicted octanol–water partition coefficient (Wildman–Crippen LogP) is 4.89. The molecule has 2 N–H and O–H groups in total. The number of hydrogen-bond acceptors (Lipinski definition) is 6. The second-order valence-corrected chi connectivity index (χ2v) is 8.72. The summed E-state index contributed by atoms with van der Waals surface area (Å²) < 4.78 is 10.4. The van der Waals surface area contributed by atoms with E-state index < -0.39 is 30.7 Å². The smallest absolute Gasteiger partial charge is 0.414 e. The van der Waals surface area contributed by atoms with E-state index in [1.165, 1.54) is 17.2 Å². The number of benzene rings is 3. The normalized spacial score (nSPS) is 14.3. The van der Waals surface area contributed by atoms with Crippen molar-refractivity contribution >= 4 is 23.9 Å². The van der Waals surface area contributed by atoms with Crippen LogP contribution in [-0.4, -0.2) is 41.9 Å². The van der Waals surface area contributed by atoms with Crippen molar-refractivity contribution in [3.05, 3.63) is 131 Å². The average Bonchev–Trinajstić information content (AvgIpc) is 3.00. The van der Waals surface area contributed by atoms with Crippen LogP contribution in [0.5, 0.6) is 0 Å². The van der Waals surface area contributed by atoms with Crippen LogP contribution in [0.15, 0.2) is 115 Å². The maximum absolute atomic E-state index is 13.6. The van der Waals surface area contributed by atoms with Crippen LogP contribution in [0.2, 0.25) is 0 Å². The number of alkyl carbamates (subject to hydrolysis) is 1. The van der Waals surface area contributed by atoms with Crippen LogP contribution in [0, 0.1) is 0 Å². The third-order valence-electron chi connectivity index (χ3n) is 6.00. The van der Waals surface area contributed by atoms with Crippen molar-refractivity contribution in [3.63, 3.8) is 0 Å². The topological polar surface area (TPSA) is 114 Å². The van der Waals surface area contributed by atoms with Gasteiger partial charge in [0.2, 0.25) is 5.91 Å². The largest absolute Gasteiger partial charge is 0.449 e. The van der Waals surface area contributed by atoms with E-state index in [1.54, 1.807) is 61.5 Å². The Bertz CT molecular complexity index is 1400. The van der Waals surface area contributed by atoms with Crippen LogP contribution in [0.1, 0.15) is 34.5 Å². The van der Waals surface area contributed by atoms with Crippen molar-refractivity contribution in [3.8, 4) is 0 Å². The number of nitrogens with zero attached hydrogens (tertiary/aromatic N) is 1. The zero-order valence-electron chi connectivity index (χ0n) is 21.9. The molecule has 1 heterocycles. The van der Waals surface area contributed by atoms with Gasteiger partial charge in [0, 0.05) is 17.3 Å². The quantitative estimate of drug-likeness (QED) is 0.374. The Labute approximate surface area is 232 Å². The average molecular weight is 540 g/mol. The van der Waals surface area contributed by atoms with Gasteiger partial charge in [-0.3, -0.25) is 14.5 Å². The van der Waals surface area contributed by atoms with E-state index in [-0.39, 0.29) is 30.3 Å². The number of rotatable bonds is 9. The lowest BCUT2D eigenvalue weighted by molar-refractivity contribution is -0.119. The van der Waals surface area contributed by atoms with Crippen LogP contribution < -0.4 is 10.6 Å².